The van der Waals surface area contributed by atoms with Gasteiger partial charge in [0.15, 0.2) is 0 Å². The molecule has 0 radical (unpaired) electrons. The fourth-order valence-corrected chi connectivity index (χ4v) is 2.54. The molecule has 3 nitrogen and oxygen atoms in total. The molecule has 1 aliphatic rings. The Morgan fingerprint density at radius 1 is 1.33 bits per heavy atom. The Morgan fingerprint density at radius 3 is 2.67 bits per heavy atom. The topological polar surface area (TPSA) is 38.5 Å². The van der Waals surface area contributed by atoms with Gasteiger partial charge in [-0.3, -0.25) is 4.90 Å². The SMILES string of the molecule is CC1(C)COCCN1CC(CN)c1ccccc1. The highest BCUT2D eigenvalue weighted by atomic mass is 16.5. The molecule has 1 atom stereocenters. The average molecular weight is 248 g/mol. The van der Waals surface area contributed by atoms with Crippen LogP contribution in [-0.4, -0.2) is 43.3 Å². The molecule has 0 amide bonds. The van der Waals surface area contributed by atoms with Crippen LogP contribution in [-0.2, 0) is 4.74 Å². The fraction of sp³-hybridized carbons (Fsp3) is 0.600. The van der Waals surface area contributed by atoms with Crippen molar-refractivity contribution in [3.05, 3.63) is 35.9 Å². The molecular formula is C15H24N2O. The number of nitrogens with zero attached hydrogens (tertiary/aromatic N) is 1. The van der Waals surface area contributed by atoms with E-state index in [9.17, 15) is 0 Å². The number of morpholine rings is 1. The van der Waals surface area contributed by atoms with Crippen LogP contribution in [0, 0.1) is 0 Å². The minimum Gasteiger partial charge on any atom is -0.378 e. The Labute approximate surface area is 110 Å². The summed E-state index contributed by atoms with van der Waals surface area (Å²) in [7, 11) is 0. The molecule has 0 bridgehead atoms. The highest BCUT2D eigenvalue weighted by Crippen LogP contribution is 2.24. The predicted octanol–water partition coefficient (Wildman–Crippen LogP) is 1.84. The minimum absolute atomic E-state index is 0.112. The summed E-state index contributed by atoms with van der Waals surface area (Å²) in [6.45, 7) is 8.81. The fourth-order valence-electron chi connectivity index (χ4n) is 2.54. The smallest absolute Gasteiger partial charge is 0.0645 e. The van der Waals surface area contributed by atoms with Crippen LogP contribution in [0.2, 0.25) is 0 Å². The van der Waals surface area contributed by atoms with Crippen LogP contribution in [0.4, 0.5) is 0 Å². The third-order valence-corrected chi connectivity index (χ3v) is 3.81. The summed E-state index contributed by atoms with van der Waals surface area (Å²) in [5, 5.41) is 0. The normalized spacial score (nSPS) is 21.7. The summed E-state index contributed by atoms with van der Waals surface area (Å²) in [6, 6.07) is 10.6. The zero-order valence-corrected chi connectivity index (χ0v) is 11.4. The number of hydrogen-bond donors (Lipinski definition) is 1. The van der Waals surface area contributed by atoms with Crippen molar-refractivity contribution < 1.29 is 4.74 Å². The Hall–Kier alpha value is -0.900. The molecule has 0 aliphatic carbocycles. The van der Waals surface area contributed by atoms with Crippen molar-refractivity contribution in [3.63, 3.8) is 0 Å². The zero-order chi connectivity index (χ0) is 13.0. The molecule has 18 heavy (non-hydrogen) atoms. The van der Waals surface area contributed by atoms with Crippen LogP contribution < -0.4 is 5.73 Å². The molecule has 0 aromatic heterocycles. The molecule has 100 valence electrons. The number of hydrogen-bond acceptors (Lipinski definition) is 3. The van der Waals surface area contributed by atoms with E-state index in [-0.39, 0.29) is 5.54 Å². The highest BCUT2D eigenvalue weighted by molar-refractivity contribution is 5.20. The minimum atomic E-state index is 0.112. The third-order valence-electron chi connectivity index (χ3n) is 3.81. The number of rotatable bonds is 4. The van der Waals surface area contributed by atoms with E-state index in [0.29, 0.717) is 12.5 Å². The summed E-state index contributed by atoms with van der Waals surface area (Å²) in [6.07, 6.45) is 0. The maximum absolute atomic E-state index is 5.95. The average Bonchev–Trinajstić information content (AvgIpc) is 2.38. The van der Waals surface area contributed by atoms with E-state index in [1.807, 2.05) is 0 Å². The van der Waals surface area contributed by atoms with Gasteiger partial charge in [0, 0.05) is 31.1 Å². The van der Waals surface area contributed by atoms with E-state index in [2.05, 4.69) is 49.1 Å². The lowest BCUT2D eigenvalue weighted by molar-refractivity contribution is -0.0530. The Balaban J connectivity index is 2.06. The second-order valence-electron chi connectivity index (χ2n) is 5.65. The molecule has 1 unspecified atom stereocenters. The van der Waals surface area contributed by atoms with Gasteiger partial charge >= 0.3 is 0 Å². The van der Waals surface area contributed by atoms with Crippen molar-refractivity contribution in [2.75, 3.05) is 32.8 Å². The van der Waals surface area contributed by atoms with Crippen LogP contribution in [0.1, 0.15) is 25.3 Å². The Kier molecular flexibility index (Phi) is 4.38. The van der Waals surface area contributed by atoms with E-state index < -0.39 is 0 Å². The van der Waals surface area contributed by atoms with Crippen molar-refractivity contribution in [1.29, 1.82) is 0 Å². The van der Waals surface area contributed by atoms with Crippen LogP contribution >= 0.6 is 0 Å². The van der Waals surface area contributed by atoms with Gasteiger partial charge in [-0.05, 0) is 19.4 Å². The summed E-state index contributed by atoms with van der Waals surface area (Å²) in [5.74, 6) is 0.406. The summed E-state index contributed by atoms with van der Waals surface area (Å²) >= 11 is 0. The van der Waals surface area contributed by atoms with Crippen molar-refractivity contribution in [2.45, 2.75) is 25.3 Å². The number of nitrogens with two attached hydrogens (primary N) is 1. The van der Waals surface area contributed by atoms with Crippen molar-refractivity contribution in [1.82, 2.24) is 4.90 Å². The number of ether oxygens (including phenoxy) is 1. The van der Waals surface area contributed by atoms with Crippen molar-refractivity contribution in [2.24, 2.45) is 5.73 Å². The predicted molar refractivity (Wildman–Crippen MR) is 74.7 cm³/mol. The summed E-state index contributed by atoms with van der Waals surface area (Å²) in [5.41, 5.74) is 7.40. The van der Waals surface area contributed by atoms with Gasteiger partial charge in [-0.2, -0.15) is 0 Å². The van der Waals surface area contributed by atoms with Gasteiger partial charge in [-0.15, -0.1) is 0 Å². The molecule has 1 fully saturated rings. The lowest BCUT2D eigenvalue weighted by atomic mass is 9.95. The van der Waals surface area contributed by atoms with Gasteiger partial charge < -0.3 is 10.5 Å². The van der Waals surface area contributed by atoms with Crippen LogP contribution in [0.3, 0.4) is 0 Å². The maximum Gasteiger partial charge on any atom is 0.0645 e. The van der Waals surface area contributed by atoms with Crippen LogP contribution in [0.15, 0.2) is 30.3 Å². The molecule has 3 heteroatoms. The van der Waals surface area contributed by atoms with Gasteiger partial charge in [0.2, 0.25) is 0 Å². The van der Waals surface area contributed by atoms with Gasteiger partial charge in [0.25, 0.3) is 0 Å². The molecule has 1 aromatic carbocycles. The monoisotopic (exact) mass is 248 g/mol. The van der Waals surface area contributed by atoms with E-state index >= 15 is 0 Å². The number of benzene rings is 1. The van der Waals surface area contributed by atoms with E-state index in [0.717, 1.165) is 26.3 Å². The Bertz CT molecular complexity index is 364. The largest absolute Gasteiger partial charge is 0.378 e. The summed E-state index contributed by atoms with van der Waals surface area (Å²) in [4.78, 5) is 2.50. The molecule has 2 N–H and O–H groups in total. The lowest BCUT2D eigenvalue weighted by Crippen LogP contribution is -2.54. The molecule has 1 saturated heterocycles. The molecule has 1 heterocycles. The van der Waals surface area contributed by atoms with Gasteiger partial charge in [0.05, 0.1) is 13.2 Å². The zero-order valence-electron chi connectivity index (χ0n) is 11.4. The molecule has 1 aliphatic heterocycles. The second-order valence-corrected chi connectivity index (χ2v) is 5.65. The first-order valence-corrected chi connectivity index (χ1v) is 6.71. The molecule has 1 aromatic rings. The van der Waals surface area contributed by atoms with Crippen LogP contribution in [0.5, 0.6) is 0 Å². The molecule has 0 saturated carbocycles. The maximum atomic E-state index is 5.95. The molecule has 0 spiro atoms. The first-order chi connectivity index (χ1) is 8.63. The molecular weight excluding hydrogens is 224 g/mol. The standard InChI is InChI=1S/C15H24N2O/c1-15(2)12-18-9-8-17(15)11-14(10-16)13-6-4-3-5-7-13/h3-7,14H,8-12,16H2,1-2H3. The van der Waals surface area contributed by atoms with Gasteiger partial charge in [-0.1, -0.05) is 30.3 Å². The molecule has 2 rings (SSSR count). The van der Waals surface area contributed by atoms with Crippen molar-refractivity contribution >= 4 is 0 Å². The quantitative estimate of drug-likeness (QED) is 0.883. The van der Waals surface area contributed by atoms with E-state index in [1.165, 1.54) is 5.56 Å². The lowest BCUT2D eigenvalue weighted by Gasteiger charge is -2.43. The third kappa shape index (κ3) is 3.10. The highest BCUT2D eigenvalue weighted by Gasteiger charge is 2.31. The van der Waals surface area contributed by atoms with Crippen molar-refractivity contribution in [3.8, 4) is 0 Å². The van der Waals surface area contributed by atoms with Gasteiger partial charge in [-0.25, -0.2) is 0 Å². The first kappa shape index (κ1) is 13.5. The Morgan fingerprint density at radius 2 is 2.06 bits per heavy atom. The van der Waals surface area contributed by atoms with E-state index in [1.54, 1.807) is 0 Å². The van der Waals surface area contributed by atoms with Gasteiger partial charge in [0.1, 0.15) is 0 Å². The second kappa shape index (κ2) is 5.83. The first-order valence-electron chi connectivity index (χ1n) is 6.71. The van der Waals surface area contributed by atoms with E-state index in [4.69, 9.17) is 10.5 Å². The summed E-state index contributed by atoms with van der Waals surface area (Å²) < 4.78 is 5.56. The van der Waals surface area contributed by atoms with Crippen LogP contribution in [0.25, 0.3) is 0 Å².